The summed E-state index contributed by atoms with van der Waals surface area (Å²) in [6.45, 7) is 2.08. The Kier molecular flexibility index (Phi) is 11.1. The third kappa shape index (κ3) is 9.70. The van der Waals surface area contributed by atoms with E-state index in [1.165, 1.54) is 25.7 Å². The maximum atomic E-state index is 11.8. The van der Waals surface area contributed by atoms with Crippen molar-refractivity contribution in [2.75, 3.05) is 6.61 Å². The highest BCUT2D eigenvalue weighted by molar-refractivity contribution is 5.77. The second-order valence-corrected chi connectivity index (χ2v) is 6.20. The maximum absolute atomic E-state index is 11.8. The topological polar surface area (TPSA) is 63.6 Å². The molecule has 1 aromatic rings. The monoisotopic (exact) mass is 346 g/mol. The maximum Gasteiger partial charge on any atom is 0.314 e. The number of hydrogen-bond donors (Lipinski definition) is 1. The largest absolute Gasteiger partial charge is 0.481 e. The van der Waals surface area contributed by atoms with E-state index in [-0.39, 0.29) is 12.6 Å². The molecule has 1 atom stereocenters. The number of carbonyl (C=O) groups is 2. The highest BCUT2D eigenvalue weighted by Gasteiger charge is 2.21. The highest BCUT2D eigenvalue weighted by Crippen LogP contribution is 2.16. The molecule has 0 fully saturated rings. The zero-order valence-electron chi connectivity index (χ0n) is 15.2. The van der Waals surface area contributed by atoms with Crippen LogP contribution >= 0.6 is 0 Å². The molecule has 0 aliphatic rings. The molecule has 0 spiro atoms. The van der Waals surface area contributed by atoms with Gasteiger partial charge in [0.05, 0.1) is 0 Å². The molecule has 0 aliphatic heterocycles. The Hall–Kier alpha value is -2.10. The van der Waals surface area contributed by atoms with Gasteiger partial charge >= 0.3 is 11.9 Å². The number of esters is 1. The fraction of sp³-hybridized carbons (Fsp3) is 0.524. The van der Waals surface area contributed by atoms with E-state index in [1.54, 1.807) is 24.3 Å². The van der Waals surface area contributed by atoms with Gasteiger partial charge in [-0.05, 0) is 31.2 Å². The van der Waals surface area contributed by atoms with E-state index in [4.69, 9.17) is 4.74 Å². The van der Waals surface area contributed by atoms with Crippen molar-refractivity contribution in [2.45, 2.75) is 64.2 Å². The van der Waals surface area contributed by atoms with Gasteiger partial charge in [-0.1, -0.05) is 68.7 Å². The van der Waals surface area contributed by atoms with Gasteiger partial charge in [0.15, 0.2) is 0 Å². The Balaban J connectivity index is 2.19. The molecule has 138 valence electrons. The summed E-state index contributed by atoms with van der Waals surface area (Å²) in [6, 6.07) is 8.85. The van der Waals surface area contributed by atoms with Crippen LogP contribution < -0.4 is 0 Å². The van der Waals surface area contributed by atoms with E-state index < -0.39 is 11.9 Å². The lowest BCUT2D eigenvalue weighted by Crippen LogP contribution is -2.20. The van der Waals surface area contributed by atoms with Gasteiger partial charge in [-0.3, -0.25) is 9.59 Å². The number of benzene rings is 1. The van der Waals surface area contributed by atoms with Gasteiger partial charge in [-0.15, -0.1) is 0 Å². The molecule has 1 rings (SSSR count). The second kappa shape index (κ2) is 13.2. The number of ether oxygens (including phenoxy) is 1. The summed E-state index contributed by atoms with van der Waals surface area (Å²) in [5.74, 6) is -2.13. The average molecular weight is 346 g/mol. The Morgan fingerprint density at radius 3 is 2.36 bits per heavy atom. The van der Waals surface area contributed by atoms with Crippen molar-refractivity contribution < 1.29 is 19.4 Å². The lowest BCUT2D eigenvalue weighted by atomic mass is 10.0. The number of carboxylic acids is 1. The Morgan fingerprint density at radius 1 is 1.04 bits per heavy atom. The first-order chi connectivity index (χ1) is 12.1. The van der Waals surface area contributed by atoms with Crippen LogP contribution in [0.15, 0.2) is 42.5 Å². The van der Waals surface area contributed by atoms with Crippen molar-refractivity contribution in [2.24, 2.45) is 0 Å². The van der Waals surface area contributed by atoms with Crippen LogP contribution in [0.5, 0.6) is 0 Å². The lowest BCUT2D eigenvalue weighted by Gasteiger charge is -2.13. The van der Waals surface area contributed by atoms with Crippen LogP contribution in [-0.2, 0) is 14.3 Å². The van der Waals surface area contributed by atoms with Gasteiger partial charge in [0.2, 0.25) is 0 Å². The third-order valence-corrected chi connectivity index (χ3v) is 4.05. The minimum absolute atomic E-state index is 0.120. The SMILES string of the molecule is CCCCCC/C=C\CCCC(=O)OCC(C(=O)O)c1ccccc1. The Labute approximate surface area is 150 Å². The van der Waals surface area contributed by atoms with Gasteiger partial charge in [0.25, 0.3) is 0 Å². The molecular formula is C21H30O4. The molecule has 1 unspecified atom stereocenters. The van der Waals surface area contributed by atoms with E-state index in [1.807, 2.05) is 6.07 Å². The van der Waals surface area contributed by atoms with Crippen molar-refractivity contribution in [3.8, 4) is 0 Å². The summed E-state index contributed by atoms with van der Waals surface area (Å²) in [7, 11) is 0. The normalized spacial score (nSPS) is 12.2. The molecule has 4 nitrogen and oxygen atoms in total. The average Bonchev–Trinajstić information content (AvgIpc) is 2.61. The fourth-order valence-electron chi connectivity index (χ4n) is 2.53. The zero-order chi connectivity index (χ0) is 18.3. The molecule has 0 radical (unpaired) electrons. The standard InChI is InChI=1S/C21H30O4/c1-2-3-4-5-6-7-8-9-13-16-20(22)25-17-19(21(23)24)18-14-11-10-12-15-18/h7-8,10-12,14-15,19H,2-6,9,13,16-17H2,1H3,(H,23,24)/b8-7-. The molecule has 1 aromatic carbocycles. The molecule has 1 N–H and O–H groups in total. The van der Waals surface area contributed by atoms with Crippen LogP contribution in [0.3, 0.4) is 0 Å². The van der Waals surface area contributed by atoms with Gasteiger partial charge in [0, 0.05) is 6.42 Å². The van der Waals surface area contributed by atoms with Gasteiger partial charge in [-0.25, -0.2) is 0 Å². The first-order valence-corrected chi connectivity index (χ1v) is 9.23. The van der Waals surface area contributed by atoms with E-state index in [0.29, 0.717) is 12.0 Å². The summed E-state index contributed by atoms with van der Waals surface area (Å²) in [5.41, 5.74) is 0.647. The number of aliphatic carboxylic acids is 1. The summed E-state index contributed by atoms with van der Waals surface area (Å²) in [4.78, 5) is 23.1. The molecule has 0 aromatic heterocycles. The van der Waals surface area contributed by atoms with Crippen molar-refractivity contribution in [1.82, 2.24) is 0 Å². The van der Waals surface area contributed by atoms with Crippen molar-refractivity contribution in [3.05, 3.63) is 48.0 Å². The predicted molar refractivity (Wildman–Crippen MR) is 99.5 cm³/mol. The summed E-state index contributed by atoms with van der Waals surface area (Å²) >= 11 is 0. The van der Waals surface area contributed by atoms with Crippen molar-refractivity contribution in [3.63, 3.8) is 0 Å². The van der Waals surface area contributed by atoms with Gasteiger partial charge in [0.1, 0.15) is 12.5 Å². The van der Waals surface area contributed by atoms with E-state index in [0.717, 1.165) is 19.3 Å². The molecule has 25 heavy (non-hydrogen) atoms. The lowest BCUT2D eigenvalue weighted by molar-refractivity contribution is -0.148. The minimum Gasteiger partial charge on any atom is -0.481 e. The quantitative estimate of drug-likeness (QED) is 0.307. The van der Waals surface area contributed by atoms with Crippen LogP contribution in [0.25, 0.3) is 0 Å². The third-order valence-electron chi connectivity index (χ3n) is 4.05. The number of carbonyl (C=O) groups excluding carboxylic acids is 1. The molecule has 0 saturated heterocycles. The van der Waals surface area contributed by atoms with Crippen LogP contribution in [-0.4, -0.2) is 23.7 Å². The highest BCUT2D eigenvalue weighted by atomic mass is 16.5. The molecule has 0 bridgehead atoms. The first kappa shape index (κ1) is 20.9. The van der Waals surface area contributed by atoms with Crippen LogP contribution in [0.4, 0.5) is 0 Å². The Morgan fingerprint density at radius 2 is 1.72 bits per heavy atom. The van der Waals surface area contributed by atoms with E-state index >= 15 is 0 Å². The number of allylic oxidation sites excluding steroid dienone is 2. The van der Waals surface area contributed by atoms with Crippen LogP contribution in [0, 0.1) is 0 Å². The number of hydrogen-bond acceptors (Lipinski definition) is 3. The number of carboxylic acid groups (broad SMARTS) is 1. The number of rotatable bonds is 13. The predicted octanol–water partition coefficient (Wildman–Crippen LogP) is 5.09. The summed E-state index contributed by atoms with van der Waals surface area (Å²) in [6.07, 6.45) is 12.3. The van der Waals surface area contributed by atoms with Crippen molar-refractivity contribution >= 4 is 11.9 Å². The minimum atomic E-state index is -0.981. The smallest absolute Gasteiger partial charge is 0.314 e. The summed E-state index contributed by atoms with van der Waals surface area (Å²) < 4.78 is 5.15. The molecule has 0 aliphatic carbocycles. The number of unbranched alkanes of at least 4 members (excludes halogenated alkanes) is 5. The van der Waals surface area contributed by atoms with Crippen molar-refractivity contribution in [1.29, 1.82) is 0 Å². The molecule has 0 amide bonds. The van der Waals surface area contributed by atoms with Crippen LogP contribution in [0.1, 0.15) is 69.8 Å². The van der Waals surface area contributed by atoms with Gasteiger partial charge < -0.3 is 9.84 Å². The Bertz CT molecular complexity index is 522. The molecule has 0 saturated carbocycles. The van der Waals surface area contributed by atoms with Crippen LogP contribution in [0.2, 0.25) is 0 Å². The first-order valence-electron chi connectivity index (χ1n) is 9.23. The molecule has 4 heteroatoms. The fourth-order valence-corrected chi connectivity index (χ4v) is 2.53. The molecule has 0 heterocycles. The molecular weight excluding hydrogens is 316 g/mol. The zero-order valence-corrected chi connectivity index (χ0v) is 15.2. The summed E-state index contributed by atoms with van der Waals surface area (Å²) in [5, 5.41) is 9.29. The van der Waals surface area contributed by atoms with E-state index in [2.05, 4.69) is 19.1 Å². The van der Waals surface area contributed by atoms with E-state index in [9.17, 15) is 14.7 Å². The second-order valence-electron chi connectivity index (χ2n) is 6.20. The van der Waals surface area contributed by atoms with Gasteiger partial charge in [-0.2, -0.15) is 0 Å².